The smallest absolute Gasteiger partial charge is 0.273 e. The number of aromatic nitrogens is 2. The lowest BCUT2D eigenvalue weighted by atomic mass is 9.94. The van der Waals surface area contributed by atoms with E-state index in [0.29, 0.717) is 11.6 Å². The largest absolute Gasteiger partial charge is 0.351 e. The van der Waals surface area contributed by atoms with E-state index in [9.17, 15) is 14.4 Å². The van der Waals surface area contributed by atoms with Gasteiger partial charge in [0.05, 0.1) is 12.9 Å². The van der Waals surface area contributed by atoms with Gasteiger partial charge in [-0.1, -0.05) is 42.6 Å². The van der Waals surface area contributed by atoms with Crippen molar-refractivity contribution in [2.75, 3.05) is 6.54 Å². The van der Waals surface area contributed by atoms with Crippen LogP contribution in [0.25, 0.3) is 0 Å². The van der Waals surface area contributed by atoms with Crippen molar-refractivity contribution in [3.63, 3.8) is 0 Å². The normalized spacial score (nSPS) is 20.8. The number of nitrogens with zero attached hydrogens (tertiary/aromatic N) is 3. The number of hydrogen-bond donors (Lipinski definition) is 2. The summed E-state index contributed by atoms with van der Waals surface area (Å²) in [6, 6.07) is 7.39. The van der Waals surface area contributed by atoms with Gasteiger partial charge in [0.15, 0.2) is 5.69 Å². The Balaban J connectivity index is 1.55. The molecule has 1 aliphatic carbocycles. The maximum Gasteiger partial charge on any atom is 0.273 e. The van der Waals surface area contributed by atoms with Gasteiger partial charge in [0, 0.05) is 24.2 Å². The van der Waals surface area contributed by atoms with Gasteiger partial charge < -0.3 is 20.1 Å². The van der Waals surface area contributed by atoms with Crippen LogP contribution in [0, 0.1) is 0 Å². The standard InChI is InChI=1S/C23H28ClN5O3/c1-3-29-21(31)19-18(20(30)25-12-15-8-4-7-11-17(15)24)26-14-28(19)13-23(29,2)22(32)27-16-9-5-6-10-16/h4,7-8,11,14,16H,3,5-6,9-10,12-13H2,1-2H3,(H,25,30)(H,27,32)/t23-/m1/s1. The molecule has 170 valence electrons. The Bertz CT molecular complexity index is 1050. The van der Waals surface area contributed by atoms with Crippen molar-refractivity contribution < 1.29 is 14.4 Å². The summed E-state index contributed by atoms with van der Waals surface area (Å²) in [7, 11) is 0. The maximum atomic E-state index is 13.4. The predicted molar refractivity (Wildman–Crippen MR) is 120 cm³/mol. The molecule has 1 aromatic heterocycles. The van der Waals surface area contributed by atoms with Crippen LogP contribution in [-0.4, -0.2) is 50.3 Å². The topological polar surface area (TPSA) is 96.3 Å². The first-order valence-electron chi connectivity index (χ1n) is 11.0. The third-order valence-electron chi connectivity index (χ3n) is 6.47. The zero-order chi connectivity index (χ0) is 22.9. The summed E-state index contributed by atoms with van der Waals surface area (Å²) in [5, 5.41) is 6.46. The molecule has 0 saturated heterocycles. The molecular weight excluding hydrogens is 430 g/mol. The monoisotopic (exact) mass is 457 g/mol. The first-order chi connectivity index (χ1) is 15.3. The lowest BCUT2D eigenvalue weighted by molar-refractivity contribution is -0.133. The van der Waals surface area contributed by atoms with Crippen LogP contribution in [0.2, 0.25) is 5.02 Å². The van der Waals surface area contributed by atoms with E-state index in [2.05, 4.69) is 15.6 Å². The van der Waals surface area contributed by atoms with Crippen molar-refractivity contribution in [3.05, 3.63) is 52.6 Å². The van der Waals surface area contributed by atoms with Crippen molar-refractivity contribution in [1.29, 1.82) is 0 Å². The minimum atomic E-state index is -1.05. The average Bonchev–Trinajstić information content (AvgIpc) is 3.43. The number of nitrogens with one attached hydrogen (secondary N) is 2. The number of halogens is 1. The molecular formula is C23H28ClN5O3. The van der Waals surface area contributed by atoms with Gasteiger partial charge in [-0.05, 0) is 38.3 Å². The molecule has 2 heterocycles. The second-order valence-corrected chi connectivity index (χ2v) is 9.03. The second-order valence-electron chi connectivity index (χ2n) is 8.62. The maximum absolute atomic E-state index is 13.4. The van der Waals surface area contributed by atoms with Crippen molar-refractivity contribution in [1.82, 2.24) is 25.1 Å². The third-order valence-corrected chi connectivity index (χ3v) is 6.84. The molecule has 0 bridgehead atoms. The number of rotatable bonds is 6. The second kappa shape index (κ2) is 8.94. The van der Waals surface area contributed by atoms with E-state index in [1.807, 2.05) is 25.1 Å². The highest BCUT2D eigenvalue weighted by Gasteiger charge is 2.48. The van der Waals surface area contributed by atoms with Crippen LogP contribution < -0.4 is 10.6 Å². The lowest BCUT2D eigenvalue weighted by Gasteiger charge is -2.43. The van der Waals surface area contributed by atoms with Gasteiger partial charge in [-0.3, -0.25) is 14.4 Å². The molecule has 1 atom stereocenters. The van der Waals surface area contributed by atoms with E-state index >= 15 is 0 Å². The molecule has 0 radical (unpaired) electrons. The van der Waals surface area contributed by atoms with E-state index < -0.39 is 11.4 Å². The van der Waals surface area contributed by atoms with Crippen LogP contribution in [0.15, 0.2) is 30.6 Å². The van der Waals surface area contributed by atoms with Crippen LogP contribution in [0.4, 0.5) is 0 Å². The molecule has 0 spiro atoms. The Morgan fingerprint density at radius 2 is 1.97 bits per heavy atom. The van der Waals surface area contributed by atoms with Gasteiger partial charge in [0.25, 0.3) is 11.8 Å². The molecule has 2 aliphatic rings. The van der Waals surface area contributed by atoms with Crippen LogP contribution in [-0.2, 0) is 17.9 Å². The molecule has 32 heavy (non-hydrogen) atoms. The van der Waals surface area contributed by atoms with Crippen molar-refractivity contribution in [2.45, 2.75) is 64.2 Å². The van der Waals surface area contributed by atoms with E-state index in [1.165, 1.54) is 6.33 Å². The molecule has 1 fully saturated rings. The van der Waals surface area contributed by atoms with E-state index in [1.54, 1.807) is 22.5 Å². The molecule has 2 aromatic rings. The molecule has 1 aromatic carbocycles. The number of carbonyl (C=O) groups is 3. The molecule has 1 aliphatic heterocycles. The molecule has 8 nitrogen and oxygen atoms in total. The summed E-state index contributed by atoms with van der Waals surface area (Å²) in [5.41, 5.74) is -0.0189. The van der Waals surface area contributed by atoms with E-state index in [0.717, 1.165) is 31.2 Å². The molecule has 0 unspecified atom stereocenters. The summed E-state index contributed by atoms with van der Waals surface area (Å²) >= 11 is 6.16. The van der Waals surface area contributed by atoms with Crippen LogP contribution >= 0.6 is 11.6 Å². The first-order valence-corrected chi connectivity index (χ1v) is 11.4. The molecule has 4 rings (SSSR count). The fraction of sp³-hybridized carbons (Fsp3) is 0.478. The quantitative estimate of drug-likeness (QED) is 0.697. The van der Waals surface area contributed by atoms with Crippen LogP contribution in [0.3, 0.4) is 0 Å². The lowest BCUT2D eigenvalue weighted by Crippen LogP contribution is -2.64. The van der Waals surface area contributed by atoms with Gasteiger partial charge in [0.1, 0.15) is 11.2 Å². The minimum absolute atomic E-state index is 0.0544. The number of amides is 3. The first kappa shape index (κ1) is 22.3. The van der Waals surface area contributed by atoms with Crippen molar-refractivity contribution in [3.8, 4) is 0 Å². The number of likely N-dealkylation sites (N-methyl/N-ethyl adjacent to an activating group) is 1. The number of fused-ring (bicyclic) bond motifs is 1. The fourth-order valence-electron chi connectivity index (χ4n) is 4.66. The number of carbonyl (C=O) groups excluding carboxylic acids is 3. The van der Waals surface area contributed by atoms with Gasteiger partial charge >= 0.3 is 0 Å². The number of imidazole rings is 1. The zero-order valence-electron chi connectivity index (χ0n) is 18.4. The van der Waals surface area contributed by atoms with Gasteiger partial charge in [-0.2, -0.15) is 0 Å². The Kier molecular flexibility index (Phi) is 6.24. The highest BCUT2D eigenvalue weighted by atomic mass is 35.5. The Morgan fingerprint density at radius 1 is 1.25 bits per heavy atom. The van der Waals surface area contributed by atoms with Crippen molar-refractivity contribution >= 4 is 29.3 Å². The van der Waals surface area contributed by atoms with Crippen LogP contribution in [0.1, 0.15) is 66.1 Å². The Labute approximate surface area is 192 Å². The highest BCUT2D eigenvalue weighted by molar-refractivity contribution is 6.31. The third kappa shape index (κ3) is 3.99. The zero-order valence-corrected chi connectivity index (χ0v) is 19.1. The Hall–Kier alpha value is -2.87. The predicted octanol–water partition coefficient (Wildman–Crippen LogP) is 2.76. The molecule has 3 amide bonds. The summed E-state index contributed by atoms with van der Waals surface area (Å²) in [4.78, 5) is 45.2. The van der Waals surface area contributed by atoms with E-state index in [4.69, 9.17) is 11.6 Å². The summed E-state index contributed by atoms with van der Waals surface area (Å²) in [5.74, 6) is -0.992. The van der Waals surface area contributed by atoms with Gasteiger partial charge in [-0.15, -0.1) is 0 Å². The van der Waals surface area contributed by atoms with Crippen molar-refractivity contribution in [2.24, 2.45) is 0 Å². The SMILES string of the molecule is CCN1C(=O)c2c(C(=O)NCc3ccccc3Cl)ncn2C[C@]1(C)C(=O)NC1CCCC1. The van der Waals surface area contributed by atoms with E-state index in [-0.39, 0.29) is 42.3 Å². The van der Waals surface area contributed by atoms with Gasteiger partial charge in [-0.25, -0.2) is 4.98 Å². The average molecular weight is 458 g/mol. The number of hydrogen-bond acceptors (Lipinski definition) is 4. The minimum Gasteiger partial charge on any atom is -0.351 e. The molecule has 2 N–H and O–H groups in total. The molecule has 1 saturated carbocycles. The summed E-state index contributed by atoms with van der Waals surface area (Å²) in [6.07, 6.45) is 5.61. The fourth-order valence-corrected chi connectivity index (χ4v) is 4.86. The number of benzene rings is 1. The highest BCUT2D eigenvalue weighted by Crippen LogP contribution is 2.29. The van der Waals surface area contributed by atoms with Crippen LogP contribution in [0.5, 0.6) is 0 Å². The molecule has 9 heteroatoms. The summed E-state index contributed by atoms with van der Waals surface area (Å²) in [6.45, 7) is 4.42. The Morgan fingerprint density at radius 3 is 2.66 bits per heavy atom. The van der Waals surface area contributed by atoms with Gasteiger partial charge in [0.2, 0.25) is 5.91 Å². The summed E-state index contributed by atoms with van der Waals surface area (Å²) < 4.78 is 1.62.